The van der Waals surface area contributed by atoms with Crippen molar-refractivity contribution in [2.45, 2.75) is 6.04 Å². The summed E-state index contributed by atoms with van der Waals surface area (Å²) in [5.74, 6) is -0.0560. The van der Waals surface area contributed by atoms with Gasteiger partial charge in [-0.3, -0.25) is 9.59 Å². The summed E-state index contributed by atoms with van der Waals surface area (Å²) < 4.78 is 0. The Morgan fingerprint density at radius 1 is 1.12 bits per heavy atom. The number of amides is 2. The molecule has 128 valence electrons. The molecule has 2 aromatic rings. The highest BCUT2D eigenvalue weighted by molar-refractivity contribution is 7.10. The van der Waals surface area contributed by atoms with Crippen LogP contribution in [0.1, 0.15) is 16.5 Å². The summed E-state index contributed by atoms with van der Waals surface area (Å²) in [6, 6.07) is 13.8. The summed E-state index contributed by atoms with van der Waals surface area (Å²) >= 11 is 1.62. The van der Waals surface area contributed by atoms with Crippen LogP contribution in [0.3, 0.4) is 0 Å². The average molecular weight is 346 g/mol. The Kier molecular flexibility index (Phi) is 6.52. The molecule has 0 bridgehead atoms. The Morgan fingerprint density at radius 2 is 1.83 bits per heavy atom. The molecule has 1 unspecified atom stereocenters. The van der Waals surface area contributed by atoms with E-state index in [1.807, 2.05) is 54.9 Å². The van der Waals surface area contributed by atoms with Gasteiger partial charge >= 0.3 is 0 Å². The first kappa shape index (κ1) is 18.2. The topological polar surface area (TPSA) is 53.9 Å². The molecule has 1 aromatic carbocycles. The first-order valence-corrected chi connectivity index (χ1v) is 8.74. The summed E-state index contributed by atoms with van der Waals surface area (Å²) in [5, 5.41) is 5.10. The third-order valence-corrected chi connectivity index (χ3v) is 4.62. The van der Waals surface area contributed by atoms with E-state index in [1.165, 1.54) is 0 Å². The van der Waals surface area contributed by atoms with Gasteiger partial charge in [0.15, 0.2) is 13.1 Å². The van der Waals surface area contributed by atoms with E-state index in [-0.39, 0.29) is 24.4 Å². The molecule has 0 aliphatic rings. The zero-order valence-electron chi connectivity index (χ0n) is 14.3. The third-order valence-electron chi connectivity index (χ3n) is 3.68. The minimum Gasteiger partial charge on any atom is -0.344 e. The average Bonchev–Trinajstić information content (AvgIpc) is 3.07. The van der Waals surface area contributed by atoms with E-state index in [4.69, 9.17) is 0 Å². The van der Waals surface area contributed by atoms with Crippen molar-refractivity contribution in [3.63, 3.8) is 0 Å². The second-order valence-corrected chi connectivity index (χ2v) is 7.00. The highest BCUT2D eigenvalue weighted by Crippen LogP contribution is 2.25. The standard InChI is InChI=1S/C18H23N3O2S/c1-20(2)17(23)13-21(3)12-16(22)19-18(15-10-7-11-24-15)14-8-5-4-6-9-14/h4-11,18H,12-13H2,1-3H3,(H,19,22)/p+1/t18-/m1/s1. The van der Waals surface area contributed by atoms with E-state index in [0.29, 0.717) is 6.54 Å². The number of benzene rings is 1. The van der Waals surface area contributed by atoms with Crippen molar-refractivity contribution >= 4 is 23.2 Å². The van der Waals surface area contributed by atoms with E-state index in [1.54, 1.807) is 30.3 Å². The van der Waals surface area contributed by atoms with Gasteiger partial charge in [-0.15, -0.1) is 11.3 Å². The Bertz CT molecular complexity index is 656. The molecule has 1 aromatic heterocycles. The monoisotopic (exact) mass is 346 g/mol. The van der Waals surface area contributed by atoms with Gasteiger partial charge in [-0.05, 0) is 17.0 Å². The second kappa shape index (κ2) is 8.61. The molecule has 0 spiro atoms. The first-order chi connectivity index (χ1) is 11.5. The predicted molar refractivity (Wildman–Crippen MR) is 96.1 cm³/mol. The van der Waals surface area contributed by atoms with Crippen molar-refractivity contribution in [3.8, 4) is 0 Å². The molecule has 2 rings (SSSR count). The quantitative estimate of drug-likeness (QED) is 0.770. The molecule has 1 heterocycles. The van der Waals surface area contributed by atoms with E-state index < -0.39 is 0 Å². The highest BCUT2D eigenvalue weighted by atomic mass is 32.1. The van der Waals surface area contributed by atoms with E-state index in [0.717, 1.165) is 15.3 Å². The smallest absolute Gasteiger partial charge is 0.277 e. The van der Waals surface area contributed by atoms with Crippen LogP contribution in [0, 0.1) is 0 Å². The fourth-order valence-corrected chi connectivity index (χ4v) is 3.19. The number of carbonyl (C=O) groups excluding carboxylic acids is 2. The molecule has 0 fully saturated rings. The molecular formula is C18H24N3O2S+. The highest BCUT2D eigenvalue weighted by Gasteiger charge is 2.21. The van der Waals surface area contributed by atoms with Gasteiger partial charge in [0.25, 0.3) is 11.8 Å². The molecule has 2 N–H and O–H groups in total. The van der Waals surface area contributed by atoms with Crippen molar-refractivity contribution in [3.05, 3.63) is 58.3 Å². The van der Waals surface area contributed by atoms with Crippen LogP contribution in [0.4, 0.5) is 0 Å². The molecule has 0 aliphatic heterocycles. The minimum absolute atomic E-state index is 0.0122. The Morgan fingerprint density at radius 3 is 2.42 bits per heavy atom. The van der Waals surface area contributed by atoms with E-state index >= 15 is 0 Å². The normalized spacial score (nSPS) is 13.1. The van der Waals surface area contributed by atoms with Crippen LogP contribution in [0.25, 0.3) is 0 Å². The molecule has 24 heavy (non-hydrogen) atoms. The molecule has 6 heteroatoms. The molecule has 2 amide bonds. The minimum atomic E-state index is -0.156. The number of nitrogens with zero attached hydrogens (tertiary/aromatic N) is 1. The molecule has 0 saturated carbocycles. The zero-order chi connectivity index (χ0) is 17.5. The number of rotatable bonds is 7. The fourth-order valence-electron chi connectivity index (χ4n) is 2.38. The number of nitrogens with one attached hydrogen (secondary N) is 2. The summed E-state index contributed by atoms with van der Waals surface area (Å²) in [7, 11) is 5.29. The lowest BCUT2D eigenvalue weighted by atomic mass is 10.1. The van der Waals surface area contributed by atoms with Crippen molar-refractivity contribution in [1.82, 2.24) is 10.2 Å². The molecule has 0 aliphatic carbocycles. The largest absolute Gasteiger partial charge is 0.344 e. The van der Waals surface area contributed by atoms with Gasteiger partial charge in [-0.2, -0.15) is 0 Å². The van der Waals surface area contributed by atoms with Crippen molar-refractivity contribution in [2.75, 3.05) is 34.2 Å². The maximum absolute atomic E-state index is 12.4. The number of hydrogen-bond donors (Lipinski definition) is 2. The SMILES string of the molecule is CN(C)C(=O)C[NH+](C)CC(=O)N[C@H](c1ccccc1)c1cccs1. The van der Waals surface area contributed by atoms with Crippen molar-refractivity contribution in [1.29, 1.82) is 0 Å². The van der Waals surface area contributed by atoms with E-state index in [2.05, 4.69) is 5.32 Å². The lowest BCUT2D eigenvalue weighted by Crippen LogP contribution is -3.11. The summed E-state index contributed by atoms with van der Waals surface area (Å²) in [6.07, 6.45) is 0. The van der Waals surface area contributed by atoms with Gasteiger partial charge in [0, 0.05) is 19.0 Å². The Balaban J connectivity index is 2.02. The molecular weight excluding hydrogens is 322 g/mol. The van der Waals surface area contributed by atoms with Crippen LogP contribution in [0.15, 0.2) is 47.8 Å². The summed E-state index contributed by atoms with van der Waals surface area (Å²) in [6.45, 7) is 0.559. The van der Waals surface area contributed by atoms with Crippen LogP contribution in [-0.4, -0.2) is 50.9 Å². The molecule has 0 saturated heterocycles. The van der Waals surface area contributed by atoms with Crippen LogP contribution >= 0.6 is 11.3 Å². The van der Waals surface area contributed by atoms with Gasteiger partial charge in [-0.25, -0.2) is 0 Å². The zero-order valence-corrected chi connectivity index (χ0v) is 15.1. The fraction of sp³-hybridized carbons (Fsp3) is 0.333. The first-order valence-electron chi connectivity index (χ1n) is 7.86. The van der Waals surface area contributed by atoms with E-state index in [9.17, 15) is 9.59 Å². The van der Waals surface area contributed by atoms with Crippen LogP contribution in [-0.2, 0) is 9.59 Å². The molecule has 5 nitrogen and oxygen atoms in total. The number of hydrogen-bond acceptors (Lipinski definition) is 3. The predicted octanol–water partition coefficient (Wildman–Crippen LogP) is 0.557. The third kappa shape index (κ3) is 5.18. The van der Waals surface area contributed by atoms with Gasteiger partial charge < -0.3 is 15.1 Å². The maximum atomic E-state index is 12.4. The summed E-state index contributed by atoms with van der Waals surface area (Å²) in [4.78, 5) is 27.7. The maximum Gasteiger partial charge on any atom is 0.277 e. The van der Waals surface area contributed by atoms with Crippen molar-refractivity contribution in [2.24, 2.45) is 0 Å². The molecule has 0 radical (unpaired) electrons. The lowest BCUT2D eigenvalue weighted by Gasteiger charge is -2.20. The number of likely N-dealkylation sites (N-methyl/N-ethyl adjacent to an activating group) is 2. The number of quaternary nitrogens is 1. The van der Waals surface area contributed by atoms with Crippen LogP contribution < -0.4 is 10.2 Å². The Hall–Kier alpha value is -2.18. The Labute approximate surface area is 146 Å². The second-order valence-electron chi connectivity index (χ2n) is 6.03. The number of thiophene rings is 1. The van der Waals surface area contributed by atoms with Gasteiger partial charge in [0.2, 0.25) is 0 Å². The van der Waals surface area contributed by atoms with Gasteiger partial charge in [-0.1, -0.05) is 36.4 Å². The van der Waals surface area contributed by atoms with Crippen LogP contribution in [0.5, 0.6) is 0 Å². The van der Waals surface area contributed by atoms with Crippen LogP contribution in [0.2, 0.25) is 0 Å². The summed E-state index contributed by atoms with van der Waals surface area (Å²) in [5.41, 5.74) is 1.05. The van der Waals surface area contributed by atoms with Gasteiger partial charge in [0.1, 0.15) is 0 Å². The number of carbonyl (C=O) groups is 2. The molecule has 2 atom stereocenters. The van der Waals surface area contributed by atoms with Crippen molar-refractivity contribution < 1.29 is 14.5 Å². The van der Waals surface area contributed by atoms with Gasteiger partial charge in [0.05, 0.1) is 13.1 Å². The lowest BCUT2D eigenvalue weighted by molar-refractivity contribution is -0.862.